The summed E-state index contributed by atoms with van der Waals surface area (Å²) in [5, 5.41) is 13.1. The van der Waals surface area contributed by atoms with E-state index in [9.17, 15) is 9.59 Å². The van der Waals surface area contributed by atoms with E-state index in [-0.39, 0.29) is 22.6 Å². The summed E-state index contributed by atoms with van der Waals surface area (Å²) in [5.41, 5.74) is 1.01. The number of carbonyl (C=O) groups is 2. The number of carboxylic acids is 1. The summed E-state index contributed by atoms with van der Waals surface area (Å²) in [6, 6.07) is -0.366. The van der Waals surface area contributed by atoms with E-state index in [0.717, 1.165) is 5.70 Å². The van der Waals surface area contributed by atoms with Crippen molar-refractivity contribution in [3.8, 4) is 0 Å². The molecule has 4 nitrogen and oxygen atoms in total. The van der Waals surface area contributed by atoms with Crippen molar-refractivity contribution in [2.24, 2.45) is 0 Å². The standard InChI is InChI=1S/C9H9NO3S/c1-4-2-6(11)8-7(10-4)5(3-14-8)9(12)13/h2-3,7-8,10H,1H3,(H,12,13). The molecule has 2 aliphatic rings. The molecule has 2 N–H and O–H groups in total. The molecule has 2 unspecified atom stereocenters. The van der Waals surface area contributed by atoms with Crippen molar-refractivity contribution >= 4 is 23.5 Å². The van der Waals surface area contributed by atoms with Crippen LogP contribution >= 0.6 is 11.8 Å². The molecule has 74 valence electrons. The Hall–Kier alpha value is -1.23. The lowest BCUT2D eigenvalue weighted by Crippen LogP contribution is -2.45. The fraction of sp³-hybridized carbons (Fsp3) is 0.333. The summed E-state index contributed by atoms with van der Waals surface area (Å²) in [4.78, 5) is 22.3. The van der Waals surface area contributed by atoms with Crippen LogP contribution in [-0.2, 0) is 9.59 Å². The van der Waals surface area contributed by atoms with E-state index in [1.54, 1.807) is 12.3 Å². The van der Waals surface area contributed by atoms with Gasteiger partial charge in [0.15, 0.2) is 5.78 Å². The molecule has 0 amide bonds. The zero-order chi connectivity index (χ0) is 10.3. The summed E-state index contributed by atoms with van der Waals surface area (Å²) in [5.74, 6) is -0.969. The highest BCUT2D eigenvalue weighted by atomic mass is 32.2. The summed E-state index contributed by atoms with van der Waals surface area (Å²) in [6.45, 7) is 1.76. The number of rotatable bonds is 1. The van der Waals surface area contributed by atoms with Gasteiger partial charge in [0.25, 0.3) is 0 Å². The largest absolute Gasteiger partial charge is 0.478 e. The van der Waals surface area contributed by atoms with Gasteiger partial charge in [0.05, 0.1) is 16.9 Å². The topological polar surface area (TPSA) is 66.4 Å². The van der Waals surface area contributed by atoms with Crippen LogP contribution in [0.1, 0.15) is 6.92 Å². The second-order valence-electron chi connectivity index (χ2n) is 3.29. The molecule has 14 heavy (non-hydrogen) atoms. The van der Waals surface area contributed by atoms with Gasteiger partial charge in [-0.2, -0.15) is 0 Å². The van der Waals surface area contributed by atoms with Crippen LogP contribution in [0.25, 0.3) is 0 Å². The summed E-state index contributed by atoms with van der Waals surface area (Å²) >= 11 is 1.27. The van der Waals surface area contributed by atoms with Gasteiger partial charge in [0.2, 0.25) is 0 Å². The third kappa shape index (κ3) is 1.33. The monoisotopic (exact) mass is 211 g/mol. The Kier molecular flexibility index (Phi) is 2.11. The molecule has 0 saturated carbocycles. The third-order valence-corrected chi connectivity index (χ3v) is 3.44. The lowest BCUT2D eigenvalue weighted by Gasteiger charge is -2.25. The van der Waals surface area contributed by atoms with E-state index in [1.807, 2.05) is 0 Å². The van der Waals surface area contributed by atoms with Gasteiger partial charge < -0.3 is 10.4 Å². The number of nitrogens with one attached hydrogen (secondary N) is 1. The van der Waals surface area contributed by atoms with Crippen molar-refractivity contribution < 1.29 is 14.7 Å². The SMILES string of the molecule is CC1=CC(=O)C2SC=C(C(=O)O)C2N1. The molecular weight excluding hydrogens is 202 g/mol. The van der Waals surface area contributed by atoms with Gasteiger partial charge in [-0.3, -0.25) is 4.79 Å². The zero-order valence-electron chi connectivity index (χ0n) is 7.48. The Morgan fingerprint density at radius 2 is 2.36 bits per heavy atom. The number of fused-ring (bicyclic) bond motifs is 1. The zero-order valence-corrected chi connectivity index (χ0v) is 8.30. The van der Waals surface area contributed by atoms with Gasteiger partial charge in [-0.1, -0.05) is 0 Å². The lowest BCUT2D eigenvalue weighted by atomic mass is 9.98. The van der Waals surface area contributed by atoms with Crippen molar-refractivity contribution in [2.75, 3.05) is 0 Å². The predicted molar refractivity (Wildman–Crippen MR) is 52.8 cm³/mol. The molecule has 0 aromatic rings. The summed E-state index contributed by atoms with van der Waals surface area (Å²) < 4.78 is 0. The van der Waals surface area contributed by atoms with Crippen LogP contribution < -0.4 is 5.32 Å². The Morgan fingerprint density at radius 1 is 1.64 bits per heavy atom. The fourth-order valence-corrected chi connectivity index (χ4v) is 2.73. The summed E-state index contributed by atoms with van der Waals surface area (Å²) in [6.07, 6.45) is 1.52. The molecule has 0 bridgehead atoms. The van der Waals surface area contributed by atoms with Gasteiger partial charge in [-0.15, -0.1) is 11.8 Å². The molecule has 2 rings (SSSR count). The van der Waals surface area contributed by atoms with Crippen LogP contribution in [0, 0.1) is 0 Å². The van der Waals surface area contributed by atoms with E-state index in [4.69, 9.17) is 5.11 Å². The first-order valence-corrected chi connectivity index (χ1v) is 5.11. The average molecular weight is 211 g/mol. The quantitative estimate of drug-likeness (QED) is 0.661. The maximum absolute atomic E-state index is 11.5. The van der Waals surface area contributed by atoms with Crippen LogP contribution in [0.3, 0.4) is 0 Å². The molecule has 2 heterocycles. The van der Waals surface area contributed by atoms with Crippen LogP contribution in [0.2, 0.25) is 0 Å². The van der Waals surface area contributed by atoms with Gasteiger partial charge in [-0.05, 0) is 12.3 Å². The second-order valence-corrected chi connectivity index (χ2v) is 4.30. The van der Waals surface area contributed by atoms with Gasteiger partial charge in [-0.25, -0.2) is 4.79 Å². The third-order valence-electron chi connectivity index (χ3n) is 2.25. The average Bonchev–Trinajstić information content (AvgIpc) is 2.47. The molecule has 2 atom stereocenters. The molecular formula is C9H9NO3S. The van der Waals surface area contributed by atoms with Crippen molar-refractivity contribution in [1.29, 1.82) is 0 Å². The van der Waals surface area contributed by atoms with Crippen molar-refractivity contribution in [3.05, 3.63) is 22.8 Å². The molecule has 0 spiro atoms. The maximum Gasteiger partial charge on any atom is 0.334 e. The Balaban J connectivity index is 2.30. The number of carbonyl (C=O) groups excluding carboxylic acids is 1. The van der Waals surface area contributed by atoms with Gasteiger partial charge >= 0.3 is 5.97 Å². The molecule has 0 aromatic carbocycles. The van der Waals surface area contributed by atoms with E-state index >= 15 is 0 Å². The van der Waals surface area contributed by atoms with Gasteiger partial charge in [0, 0.05) is 11.8 Å². The van der Waals surface area contributed by atoms with E-state index < -0.39 is 5.97 Å². The Bertz CT molecular complexity index is 372. The first-order valence-electron chi connectivity index (χ1n) is 4.17. The van der Waals surface area contributed by atoms with E-state index in [2.05, 4.69) is 5.32 Å². The van der Waals surface area contributed by atoms with Crippen LogP contribution in [0.15, 0.2) is 22.8 Å². The summed E-state index contributed by atoms with van der Waals surface area (Å²) in [7, 11) is 0. The number of carboxylic acid groups (broad SMARTS) is 1. The maximum atomic E-state index is 11.5. The highest BCUT2D eigenvalue weighted by Crippen LogP contribution is 2.34. The number of ketones is 1. The molecule has 0 aromatic heterocycles. The molecule has 0 saturated heterocycles. The highest BCUT2D eigenvalue weighted by Gasteiger charge is 2.40. The molecule has 0 aliphatic carbocycles. The normalized spacial score (nSPS) is 30.2. The minimum absolute atomic E-state index is 0.0104. The fourth-order valence-electron chi connectivity index (χ4n) is 1.61. The lowest BCUT2D eigenvalue weighted by molar-refractivity contribution is -0.132. The molecule has 2 aliphatic heterocycles. The predicted octanol–water partition coefficient (Wildman–Crippen LogP) is 0.515. The van der Waals surface area contributed by atoms with E-state index in [1.165, 1.54) is 17.8 Å². The number of hydrogen-bond acceptors (Lipinski definition) is 4. The minimum atomic E-state index is -0.958. The van der Waals surface area contributed by atoms with Crippen LogP contribution in [-0.4, -0.2) is 28.2 Å². The van der Waals surface area contributed by atoms with Crippen LogP contribution in [0.5, 0.6) is 0 Å². The highest BCUT2D eigenvalue weighted by molar-refractivity contribution is 8.03. The molecule has 5 heteroatoms. The minimum Gasteiger partial charge on any atom is -0.478 e. The van der Waals surface area contributed by atoms with Crippen molar-refractivity contribution in [2.45, 2.75) is 18.2 Å². The first kappa shape index (κ1) is 9.33. The number of allylic oxidation sites excluding steroid dienone is 2. The van der Waals surface area contributed by atoms with Crippen LogP contribution in [0.4, 0.5) is 0 Å². The Labute approximate surface area is 85.1 Å². The second kappa shape index (κ2) is 3.16. The molecule has 0 fully saturated rings. The van der Waals surface area contributed by atoms with Gasteiger partial charge in [0.1, 0.15) is 0 Å². The first-order chi connectivity index (χ1) is 6.59. The smallest absolute Gasteiger partial charge is 0.334 e. The Morgan fingerprint density at radius 3 is 3.00 bits per heavy atom. The van der Waals surface area contributed by atoms with Crippen molar-refractivity contribution in [3.63, 3.8) is 0 Å². The number of thioether (sulfide) groups is 1. The van der Waals surface area contributed by atoms with Crippen molar-refractivity contribution in [1.82, 2.24) is 5.32 Å². The molecule has 0 radical (unpaired) electrons. The number of aliphatic carboxylic acids is 1. The number of hydrogen-bond donors (Lipinski definition) is 2. The van der Waals surface area contributed by atoms with E-state index in [0.29, 0.717) is 0 Å².